The van der Waals surface area contributed by atoms with Crippen LogP contribution in [0.3, 0.4) is 0 Å². The average molecular weight is 304 g/mol. The Kier molecular flexibility index (Phi) is 4.80. The Bertz CT molecular complexity index is 612. The van der Waals surface area contributed by atoms with Crippen molar-refractivity contribution in [1.82, 2.24) is 5.32 Å². The Morgan fingerprint density at radius 1 is 1.27 bits per heavy atom. The lowest BCUT2D eigenvalue weighted by atomic mass is 10.1. The van der Waals surface area contributed by atoms with Crippen LogP contribution >= 0.6 is 0 Å². The standard InChI is InChI=1S/C16H20N2O4/c1-9-4-5-13(11(3)6-9)17-16(21)18-14(19)8-22-15(20)12-7-10(12)2/h4-6,10,12H,7-8H2,1-3H3,(H2,17,18,19,21)/t10-,12+/m0/s1. The highest BCUT2D eigenvalue weighted by Crippen LogP contribution is 2.38. The smallest absolute Gasteiger partial charge is 0.325 e. The van der Waals surface area contributed by atoms with Gasteiger partial charge in [-0.25, -0.2) is 4.79 Å². The highest BCUT2D eigenvalue weighted by Gasteiger charge is 2.40. The summed E-state index contributed by atoms with van der Waals surface area (Å²) in [6.45, 7) is 5.32. The van der Waals surface area contributed by atoms with Crippen molar-refractivity contribution in [1.29, 1.82) is 0 Å². The number of nitrogens with one attached hydrogen (secondary N) is 2. The van der Waals surface area contributed by atoms with Crippen molar-refractivity contribution in [2.75, 3.05) is 11.9 Å². The molecule has 0 heterocycles. The summed E-state index contributed by atoms with van der Waals surface area (Å²) in [6.07, 6.45) is 0.799. The lowest BCUT2D eigenvalue weighted by Crippen LogP contribution is -2.37. The van der Waals surface area contributed by atoms with E-state index in [4.69, 9.17) is 4.74 Å². The van der Waals surface area contributed by atoms with Crippen LogP contribution in [0.25, 0.3) is 0 Å². The van der Waals surface area contributed by atoms with Crippen molar-refractivity contribution in [3.05, 3.63) is 29.3 Å². The second-order valence-electron chi connectivity index (χ2n) is 5.75. The van der Waals surface area contributed by atoms with Gasteiger partial charge in [0.05, 0.1) is 5.92 Å². The molecule has 0 unspecified atom stereocenters. The maximum atomic E-state index is 11.7. The summed E-state index contributed by atoms with van der Waals surface area (Å²) in [5.41, 5.74) is 2.61. The van der Waals surface area contributed by atoms with Gasteiger partial charge in [-0.15, -0.1) is 0 Å². The summed E-state index contributed by atoms with van der Waals surface area (Å²) in [6, 6.07) is 4.91. The predicted molar refractivity (Wildman–Crippen MR) is 81.3 cm³/mol. The van der Waals surface area contributed by atoms with E-state index in [1.807, 2.05) is 32.9 Å². The van der Waals surface area contributed by atoms with E-state index in [0.29, 0.717) is 11.6 Å². The van der Waals surface area contributed by atoms with Gasteiger partial charge < -0.3 is 10.1 Å². The van der Waals surface area contributed by atoms with Gasteiger partial charge in [0, 0.05) is 5.69 Å². The molecule has 2 N–H and O–H groups in total. The molecule has 2 atom stereocenters. The number of imide groups is 1. The number of amides is 3. The number of hydrogen-bond donors (Lipinski definition) is 2. The third-order valence-electron chi connectivity index (χ3n) is 3.64. The van der Waals surface area contributed by atoms with E-state index in [1.54, 1.807) is 6.07 Å². The summed E-state index contributed by atoms with van der Waals surface area (Å²) in [5, 5.41) is 4.72. The summed E-state index contributed by atoms with van der Waals surface area (Å²) in [7, 11) is 0. The molecule has 1 aliphatic carbocycles. The number of benzene rings is 1. The molecule has 6 nitrogen and oxygen atoms in total. The second-order valence-corrected chi connectivity index (χ2v) is 5.75. The van der Waals surface area contributed by atoms with E-state index in [-0.39, 0.29) is 11.9 Å². The highest BCUT2D eigenvalue weighted by atomic mass is 16.5. The van der Waals surface area contributed by atoms with Crippen molar-refractivity contribution in [2.45, 2.75) is 27.2 Å². The molecule has 0 bridgehead atoms. The topological polar surface area (TPSA) is 84.5 Å². The van der Waals surface area contributed by atoms with Gasteiger partial charge in [0.2, 0.25) is 0 Å². The summed E-state index contributed by atoms with van der Waals surface area (Å²) >= 11 is 0. The number of hydrogen-bond acceptors (Lipinski definition) is 4. The molecule has 0 aromatic heterocycles. The van der Waals surface area contributed by atoms with Gasteiger partial charge >= 0.3 is 12.0 Å². The largest absolute Gasteiger partial charge is 0.455 e. The maximum absolute atomic E-state index is 11.7. The minimum atomic E-state index is -0.649. The molecule has 1 aromatic carbocycles. The maximum Gasteiger partial charge on any atom is 0.325 e. The van der Waals surface area contributed by atoms with Crippen molar-refractivity contribution < 1.29 is 19.1 Å². The number of ether oxygens (including phenoxy) is 1. The van der Waals surface area contributed by atoms with Crippen molar-refractivity contribution in [2.24, 2.45) is 11.8 Å². The van der Waals surface area contributed by atoms with Crippen LogP contribution in [0.2, 0.25) is 0 Å². The van der Waals surface area contributed by atoms with Crippen LogP contribution in [-0.2, 0) is 14.3 Å². The average Bonchev–Trinajstić information content (AvgIpc) is 3.16. The summed E-state index contributed by atoms with van der Waals surface area (Å²) in [4.78, 5) is 34.8. The number of esters is 1. The molecule has 22 heavy (non-hydrogen) atoms. The molecule has 3 amide bonds. The fourth-order valence-electron chi connectivity index (χ4n) is 2.16. The molecule has 1 aromatic rings. The molecule has 6 heteroatoms. The third-order valence-corrected chi connectivity index (χ3v) is 3.64. The van der Waals surface area contributed by atoms with E-state index in [2.05, 4.69) is 10.6 Å². The molecule has 0 saturated heterocycles. The predicted octanol–water partition coefficient (Wildman–Crippen LogP) is 2.15. The number of urea groups is 1. The van der Waals surface area contributed by atoms with Gasteiger partial charge in [-0.3, -0.25) is 14.9 Å². The summed E-state index contributed by atoms with van der Waals surface area (Å²) in [5.74, 6) is -0.804. The van der Waals surface area contributed by atoms with Gasteiger partial charge in [0.15, 0.2) is 6.61 Å². The normalized spacial score (nSPS) is 19.2. The van der Waals surface area contributed by atoms with E-state index in [9.17, 15) is 14.4 Å². The molecule has 1 saturated carbocycles. The van der Waals surface area contributed by atoms with Crippen molar-refractivity contribution in [3.63, 3.8) is 0 Å². The summed E-state index contributed by atoms with van der Waals surface area (Å²) < 4.78 is 4.86. The van der Waals surface area contributed by atoms with Crippen molar-refractivity contribution in [3.8, 4) is 0 Å². The third kappa shape index (κ3) is 4.31. The van der Waals surface area contributed by atoms with Gasteiger partial charge in [0.25, 0.3) is 5.91 Å². The number of anilines is 1. The van der Waals surface area contributed by atoms with Gasteiger partial charge in [-0.2, -0.15) is 0 Å². The lowest BCUT2D eigenvalue weighted by molar-refractivity contribution is -0.149. The molecule has 1 fully saturated rings. The molecule has 0 radical (unpaired) electrons. The molecule has 118 valence electrons. The van der Waals surface area contributed by atoms with Crippen LogP contribution < -0.4 is 10.6 Å². The monoisotopic (exact) mass is 304 g/mol. The van der Waals surface area contributed by atoms with Crippen LogP contribution in [0, 0.1) is 25.7 Å². The Hall–Kier alpha value is -2.37. The first-order valence-corrected chi connectivity index (χ1v) is 7.21. The Balaban J connectivity index is 1.76. The number of aryl methyl sites for hydroxylation is 2. The number of carbonyl (C=O) groups excluding carboxylic acids is 3. The first-order valence-electron chi connectivity index (χ1n) is 7.21. The van der Waals surface area contributed by atoms with Crippen LogP contribution in [0.1, 0.15) is 24.5 Å². The molecular formula is C16H20N2O4. The van der Waals surface area contributed by atoms with E-state index < -0.39 is 18.5 Å². The first-order chi connectivity index (χ1) is 10.4. The minimum Gasteiger partial charge on any atom is -0.455 e. The zero-order valence-corrected chi connectivity index (χ0v) is 12.9. The van der Waals surface area contributed by atoms with Crippen molar-refractivity contribution >= 4 is 23.6 Å². The zero-order chi connectivity index (χ0) is 16.3. The quantitative estimate of drug-likeness (QED) is 0.835. The van der Waals surface area contributed by atoms with Crippen LogP contribution in [0.5, 0.6) is 0 Å². The molecule has 2 rings (SSSR count). The fraction of sp³-hybridized carbons (Fsp3) is 0.438. The lowest BCUT2D eigenvalue weighted by Gasteiger charge is -2.10. The van der Waals surface area contributed by atoms with Crippen LogP contribution in [0.4, 0.5) is 10.5 Å². The molecule has 1 aliphatic rings. The van der Waals surface area contributed by atoms with Gasteiger partial charge in [-0.1, -0.05) is 24.6 Å². The van der Waals surface area contributed by atoms with E-state index >= 15 is 0 Å². The van der Waals surface area contributed by atoms with Gasteiger partial charge in [0.1, 0.15) is 0 Å². The Labute approximate surface area is 129 Å². The van der Waals surface area contributed by atoms with E-state index in [0.717, 1.165) is 17.5 Å². The van der Waals surface area contributed by atoms with Crippen LogP contribution in [0.15, 0.2) is 18.2 Å². The zero-order valence-electron chi connectivity index (χ0n) is 12.9. The fourth-order valence-corrected chi connectivity index (χ4v) is 2.16. The number of rotatable bonds is 4. The molecular weight excluding hydrogens is 284 g/mol. The highest BCUT2D eigenvalue weighted by molar-refractivity contribution is 6.02. The SMILES string of the molecule is Cc1ccc(NC(=O)NC(=O)COC(=O)[C@@H]2C[C@@H]2C)c(C)c1. The van der Waals surface area contributed by atoms with E-state index in [1.165, 1.54) is 0 Å². The number of carbonyl (C=O) groups is 3. The second kappa shape index (κ2) is 6.60. The Morgan fingerprint density at radius 2 is 1.95 bits per heavy atom. The first kappa shape index (κ1) is 16.0. The van der Waals surface area contributed by atoms with Gasteiger partial charge in [-0.05, 0) is 37.8 Å². The molecule has 0 aliphatic heterocycles. The van der Waals surface area contributed by atoms with Crippen LogP contribution in [-0.4, -0.2) is 24.5 Å². The minimum absolute atomic E-state index is 0.100. The Morgan fingerprint density at radius 3 is 2.55 bits per heavy atom. The molecule has 0 spiro atoms.